The minimum atomic E-state index is -2.66. The van der Waals surface area contributed by atoms with Crippen molar-refractivity contribution in [2.75, 3.05) is 6.61 Å². The molecule has 3 nitrogen and oxygen atoms in total. The van der Waals surface area contributed by atoms with Crippen LogP contribution in [0.3, 0.4) is 0 Å². The maximum absolute atomic E-state index is 12.3. The maximum Gasteiger partial charge on any atom is 0.280 e. The summed E-state index contributed by atoms with van der Waals surface area (Å²) in [6.45, 7) is -0.370. The second-order valence-electron chi connectivity index (χ2n) is 2.57. The Balaban J connectivity index is 3.04. The van der Waals surface area contributed by atoms with Crippen LogP contribution < -0.4 is 5.73 Å². The minimum Gasteiger partial charge on any atom is -0.394 e. The van der Waals surface area contributed by atoms with Gasteiger partial charge in [-0.05, 0) is 11.6 Å². The van der Waals surface area contributed by atoms with Gasteiger partial charge in [0, 0.05) is 6.20 Å². The molecule has 0 radical (unpaired) electrons. The molecule has 13 heavy (non-hydrogen) atoms. The highest BCUT2D eigenvalue weighted by Crippen LogP contribution is 2.23. The zero-order chi connectivity index (χ0) is 9.84. The second kappa shape index (κ2) is 4.25. The summed E-state index contributed by atoms with van der Waals surface area (Å²) in [6.07, 6.45) is -1.39. The summed E-state index contributed by atoms with van der Waals surface area (Å²) in [4.78, 5) is 3.51. The molecule has 0 aliphatic rings. The number of alkyl halides is 2. The van der Waals surface area contributed by atoms with Gasteiger partial charge in [0.15, 0.2) is 0 Å². The van der Waals surface area contributed by atoms with Gasteiger partial charge in [-0.25, -0.2) is 8.78 Å². The van der Waals surface area contributed by atoms with Gasteiger partial charge in [0.25, 0.3) is 6.43 Å². The van der Waals surface area contributed by atoms with E-state index < -0.39 is 12.5 Å². The Hall–Kier alpha value is -1.07. The molecule has 72 valence electrons. The topological polar surface area (TPSA) is 59.1 Å². The van der Waals surface area contributed by atoms with Gasteiger partial charge in [0.2, 0.25) is 0 Å². The molecule has 1 aromatic heterocycles. The molecule has 1 aromatic rings. The van der Waals surface area contributed by atoms with Crippen LogP contribution in [0.1, 0.15) is 23.7 Å². The van der Waals surface area contributed by atoms with Gasteiger partial charge >= 0.3 is 0 Å². The summed E-state index contributed by atoms with van der Waals surface area (Å²) >= 11 is 0. The molecule has 0 aromatic carbocycles. The first-order valence-electron chi connectivity index (χ1n) is 3.76. The molecular weight excluding hydrogens is 178 g/mol. The molecular formula is C8H10F2N2O. The van der Waals surface area contributed by atoms with Crippen molar-refractivity contribution >= 4 is 0 Å². The molecule has 0 saturated carbocycles. The van der Waals surface area contributed by atoms with E-state index in [-0.39, 0.29) is 17.9 Å². The Morgan fingerprint density at radius 3 is 2.77 bits per heavy atom. The van der Waals surface area contributed by atoms with Crippen LogP contribution >= 0.6 is 0 Å². The van der Waals surface area contributed by atoms with Gasteiger partial charge in [0.1, 0.15) is 5.69 Å². The normalized spacial score (nSPS) is 13.3. The zero-order valence-corrected chi connectivity index (χ0v) is 6.82. The third-order valence-electron chi connectivity index (χ3n) is 1.67. The predicted octanol–water partition coefficient (Wildman–Crippen LogP) is 1.01. The molecule has 3 N–H and O–H groups in total. The van der Waals surface area contributed by atoms with Crippen LogP contribution in [0.2, 0.25) is 0 Å². The van der Waals surface area contributed by atoms with E-state index in [2.05, 4.69) is 4.98 Å². The van der Waals surface area contributed by atoms with Crippen molar-refractivity contribution in [3.8, 4) is 0 Å². The summed E-state index contributed by atoms with van der Waals surface area (Å²) in [6, 6.07) is 2.16. The number of halogens is 2. The van der Waals surface area contributed by atoms with E-state index in [0.717, 1.165) is 0 Å². The van der Waals surface area contributed by atoms with Crippen molar-refractivity contribution in [2.24, 2.45) is 5.73 Å². The van der Waals surface area contributed by atoms with Crippen LogP contribution in [-0.4, -0.2) is 16.7 Å². The number of hydrogen-bond acceptors (Lipinski definition) is 3. The molecule has 0 bridgehead atoms. The van der Waals surface area contributed by atoms with E-state index in [1.165, 1.54) is 18.3 Å². The number of pyridine rings is 1. The molecule has 0 aliphatic heterocycles. The largest absolute Gasteiger partial charge is 0.394 e. The Kier molecular flexibility index (Phi) is 3.27. The van der Waals surface area contributed by atoms with E-state index in [4.69, 9.17) is 10.8 Å². The lowest BCUT2D eigenvalue weighted by atomic mass is 10.1. The van der Waals surface area contributed by atoms with Crippen molar-refractivity contribution in [2.45, 2.75) is 12.5 Å². The average Bonchev–Trinajstić information content (AvgIpc) is 2.16. The summed E-state index contributed by atoms with van der Waals surface area (Å²) in [5, 5.41) is 8.70. The van der Waals surface area contributed by atoms with Crippen molar-refractivity contribution in [1.82, 2.24) is 4.98 Å². The zero-order valence-electron chi connectivity index (χ0n) is 6.82. The monoisotopic (exact) mass is 188 g/mol. The van der Waals surface area contributed by atoms with E-state index in [1.807, 2.05) is 0 Å². The lowest BCUT2D eigenvalue weighted by Crippen LogP contribution is -2.17. The molecule has 1 unspecified atom stereocenters. The molecule has 1 heterocycles. The predicted molar refractivity (Wildman–Crippen MR) is 43.2 cm³/mol. The van der Waals surface area contributed by atoms with Gasteiger partial charge in [-0.2, -0.15) is 0 Å². The molecule has 0 spiro atoms. The van der Waals surface area contributed by atoms with Gasteiger partial charge in [-0.1, -0.05) is 6.07 Å². The second-order valence-corrected chi connectivity index (χ2v) is 2.57. The van der Waals surface area contributed by atoms with Crippen LogP contribution in [-0.2, 0) is 0 Å². The first-order chi connectivity index (χ1) is 6.16. The number of aliphatic hydroxyl groups is 1. The van der Waals surface area contributed by atoms with Crippen LogP contribution in [0.15, 0.2) is 18.3 Å². The van der Waals surface area contributed by atoms with Crippen molar-refractivity contribution in [3.05, 3.63) is 29.6 Å². The Morgan fingerprint density at radius 1 is 1.54 bits per heavy atom. The highest BCUT2D eigenvalue weighted by molar-refractivity contribution is 5.24. The highest BCUT2D eigenvalue weighted by atomic mass is 19.3. The Morgan fingerprint density at radius 2 is 2.23 bits per heavy atom. The van der Waals surface area contributed by atoms with Crippen LogP contribution in [0.25, 0.3) is 0 Å². The van der Waals surface area contributed by atoms with Crippen molar-refractivity contribution < 1.29 is 13.9 Å². The molecule has 0 fully saturated rings. The smallest absolute Gasteiger partial charge is 0.280 e. The number of rotatable bonds is 3. The maximum atomic E-state index is 12.3. The average molecular weight is 188 g/mol. The molecule has 0 aliphatic carbocycles. The third-order valence-corrected chi connectivity index (χ3v) is 1.67. The van der Waals surface area contributed by atoms with Crippen molar-refractivity contribution in [3.63, 3.8) is 0 Å². The van der Waals surface area contributed by atoms with E-state index in [0.29, 0.717) is 0 Å². The Labute approximate surface area is 74.2 Å². The van der Waals surface area contributed by atoms with Gasteiger partial charge in [-0.3, -0.25) is 4.98 Å². The number of hydrogen-bond donors (Lipinski definition) is 2. The minimum absolute atomic E-state index is 0.194. The van der Waals surface area contributed by atoms with E-state index in [1.54, 1.807) is 0 Å². The lowest BCUT2D eigenvalue weighted by Gasteiger charge is -2.12. The summed E-state index contributed by atoms with van der Waals surface area (Å²) in [5.41, 5.74) is 5.25. The fourth-order valence-electron chi connectivity index (χ4n) is 1.02. The van der Waals surface area contributed by atoms with E-state index >= 15 is 0 Å². The summed E-state index contributed by atoms with van der Waals surface area (Å²) in [5.74, 6) is 0. The Bertz CT molecular complexity index is 281. The first-order valence-corrected chi connectivity index (χ1v) is 3.76. The quantitative estimate of drug-likeness (QED) is 0.744. The standard InChI is InChI=1S/C8H10F2N2O/c9-8(10)7-5(6(11)4-13)2-1-3-12-7/h1-3,6,8,13H,4,11H2. The molecule has 1 atom stereocenters. The highest BCUT2D eigenvalue weighted by Gasteiger charge is 2.17. The summed E-state index contributed by atoms with van der Waals surface area (Å²) in [7, 11) is 0. The number of nitrogens with two attached hydrogens (primary N) is 1. The van der Waals surface area contributed by atoms with Gasteiger partial charge in [0.05, 0.1) is 12.6 Å². The molecule has 0 amide bonds. The summed E-state index contributed by atoms with van der Waals surface area (Å²) < 4.78 is 24.6. The fourth-order valence-corrected chi connectivity index (χ4v) is 1.02. The first kappa shape index (κ1) is 10.0. The lowest BCUT2D eigenvalue weighted by molar-refractivity contribution is 0.143. The third kappa shape index (κ3) is 2.19. The molecule has 5 heteroatoms. The fraction of sp³-hybridized carbons (Fsp3) is 0.375. The van der Waals surface area contributed by atoms with E-state index in [9.17, 15) is 8.78 Å². The van der Waals surface area contributed by atoms with Gasteiger partial charge < -0.3 is 10.8 Å². The SMILES string of the molecule is NC(CO)c1cccnc1C(F)F. The molecule has 0 saturated heterocycles. The van der Waals surface area contributed by atoms with Crippen LogP contribution in [0.5, 0.6) is 0 Å². The number of aromatic nitrogens is 1. The van der Waals surface area contributed by atoms with Gasteiger partial charge in [-0.15, -0.1) is 0 Å². The number of nitrogens with zero attached hydrogens (tertiary/aromatic N) is 1. The van der Waals surface area contributed by atoms with Crippen LogP contribution in [0.4, 0.5) is 8.78 Å². The number of aliphatic hydroxyl groups excluding tert-OH is 1. The molecule has 1 rings (SSSR count). The van der Waals surface area contributed by atoms with Crippen molar-refractivity contribution in [1.29, 1.82) is 0 Å². The van der Waals surface area contributed by atoms with Crippen LogP contribution in [0, 0.1) is 0 Å².